The molecule has 2 nitrogen and oxygen atoms in total. The first-order valence-electron chi connectivity index (χ1n) is 4.25. The lowest BCUT2D eigenvalue weighted by molar-refractivity contribution is -0.268. The molecule has 72 valence electrons. The van der Waals surface area contributed by atoms with Crippen molar-refractivity contribution in [3.63, 3.8) is 0 Å². The minimum Gasteiger partial charge on any atom is -0.872 e. The maximum absolute atomic E-state index is 10.3. The first kappa shape index (κ1) is 10.1. The molecule has 0 saturated carbocycles. The molecule has 0 aromatic heterocycles. The average Bonchev–Trinajstić information content (AvgIpc) is 2.21. The van der Waals surface area contributed by atoms with Gasteiger partial charge in [-0.2, -0.15) is 0 Å². The second kappa shape index (κ2) is 5.65. The largest absolute Gasteiger partial charge is 0.872 e. The molecule has 2 rings (SSSR count). The van der Waals surface area contributed by atoms with Gasteiger partial charge in [-0.25, -0.2) is 0 Å². The zero-order valence-electron chi connectivity index (χ0n) is 7.63. The molecule has 0 radical (unpaired) electrons. The average molecular weight is 187 g/mol. The van der Waals surface area contributed by atoms with Crippen LogP contribution in [0.1, 0.15) is 0 Å². The lowest BCUT2D eigenvalue weighted by Gasteiger charge is -1.98. The van der Waals surface area contributed by atoms with Gasteiger partial charge in [-0.05, 0) is 12.1 Å². The van der Waals surface area contributed by atoms with Crippen molar-refractivity contribution in [1.82, 2.24) is 0 Å². The lowest BCUT2D eigenvalue weighted by Crippen LogP contribution is -1.85. The molecule has 0 aliphatic carbocycles. The van der Waals surface area contributed by atoms with Crippen molar-refractivity contribution in [2.75, 3.05) is 0 Å². The summed E-state index contributed by atoms with van der Waals surface area (Å²) in [6, 6.07) is 17.0. The molecule has 2 aromatic carbocycles. The van der Waals surface area contributed by atoms with E-state index in [0.717, 1.165) is 0 Å². The third kappa shape index (κ3) is 4.16. The topological polar surface area (TPSA) is 43.3 Å². The number of aromatic hydroxyl groups is 1. The van der Waals surface area contributed by atoms with Crippen LogP contribution in [0, 0.1) is 0 Å². The number of hydrogen-bond acceptors (Lipinski definition) is 2. The van der Waals surface area contributed by atoms with Crippen LogP contribution in [0.3, 0.4) is 0 Å². The van der Waals surface area contributed by atoms with E-state index in [0.29, 0.717) is 5.75 Å². The molecule has 2 heteroatoms. The molecule has 0 spiro atoms. The fraction of sp³-hybridized carbons (Fsp3) is 0. The highest BCUT2D eigenvalue weighted by atomic mass is 16.3. The Morgan fingerprint density at radius 2 is 1.14 bits per heavy atom. The van der Waals surface area contributed by atoms with E-state index in [-0.39, 0.29) is 5.75 Å². The van der Waals surface area contributed by atoms with Gasteiger partial charge in [-0.3, -0.25) is 0 Å². The summed E-state index contributed by atoms with van der Waals surface area (Å²) < 4.78 is 0. The third-order valence-electron chi connectivity index (χ3n) is 1.50. The summed E-state index contributed by atoms with van der Waals surface area (Å²) in [5.74, 6) is 0.394. The molecule has 0 heterocycles. The molecular formula is C12H11O2-. The number of phenols is 1. The molecule has 2 aromatic rings. The standard InChI is InChI=1S/2C6H6O/c2*7-6-4-2-1-3-5-6/h2*1-5,7H/p-1. The van der Waals surface area contributed by atoms with Gasteiger partial charge in [0.05, 0.1) is 0 Å². The minimum atomic E-state index is 0.0718. The van der Waals surface area contributed by atoms with Crippen LogP contribution in [-0.4, -0.2) is 5.11 Å². The van der Waals surface area contributed by atoms with Crippen molar-refractivity contribution in [2.45, 2.75) is 0 Å². The van der Waals surface area contributed by atoms with Crippen molar-refractivity contribution < 1.29 is 10.2 Å². The second-order valence-electron chi connectivity index (χ2n) is 2.65. The van der Waals surface area contributed by atoms with Gasteiger partial charge in [0.15, 0.2) is 0 Å². The van der Waals surface area contributed by atoms with Crippen LogP contribution in [0.4, 0.5) is 0 Å². The summed E-state index contributed by atoms with van der Waals surface area (Å²) in [5.41, 5.74) is 0. The van der Waals surface area contributed by atoms with E-state index in [4.69, 9.17) is 5.11 Å². The lowest BCUT2D eigenvalue weighted by atomic mass is 10.3. The molecular weight excluding hydrogens is 176 g/mol. The van der Waals surface area contributed by atoms with Crippen LogP contribution in [0.5, 0.6) is 11.5 Å². The molecule has 0 atom stereocenters. The minimum absolute atomic E-state index is 0.0718. The highest BCUT2D eigenvalue weighted by molar-refractivity contribution is 5.18. The Labute approximate surface area is 83.1 Å². The summed E-state index contributed by atoms with van der Waals surface area (Å²) in [6.45, 7) is 0. The van der Waals surface area contributed by atoms with Crippen LogP contribution >= 0.6 is 0 Å². The second-order valence-corrected chi connectivity index (χ2v) is 2.65. The van der Waals surface area contributed by atoms with Gasteiger partial charge in [0.25, 0.3) is 0 Å². The normalized spacial score (nSPS) is 8.57. The first-order valence-corrected chi connectivity index (χ1v) is 4.25. The van der Waals surface area contributed by atoms with Crippen molar-refractivity contribution in [1.29, 1.82) is 0 Å². The number of para-hydroxylation sites is 2. The summed E-state index contributed by atoms with van der Waals surface area (Å²) in [4.78, 5) is 0. The van der Waals surface area contributed by atoms with E-state index >= 15 is 0 Å². The molecule has 0 aliphatic rings. The van der Waals surface area contributed by atoms with Crippen LogP contribution in [0.2, 0.25) is 0 Å². The molecule has 0 aliphatic heterocycles. The molecule has 1 N–H and O–H groups in total. The molecule has 0 unspecified atom stereocenters. The number of hydrogen-bond donors (Lipinski definition) is 1. The Balaban J connectivity index is 0.000000140. The first-order chi connectivity index (χ1) is 6.79. The Bertz CT molecular complexity index is 306. The molecule has 0 bridgehead atoms. The monoisotopic (exact) mass is 187 g/mol. The Hall–Kier alpha value is -1.96. The van der Waals surface area contributed by atoms with Crippen LogP contribution < -0.4 is 5.11 Å². The van der Waals surface area contributed by atoms with Crippen LogP contribution in [0.15, 0.2) is 60.7 Å². The van der Waals surface area contributed by atoms with E-state index in [1.807, 2.05) is 12.1 Å². The fourth-order valence-corrected chi connectivity index (χ4v) is 0.848. The summed E-state index contributed by atoms with van der Waals surface area (Å²) in [5, 5.41) is 18.9. The Kier molecular flexibility index (Phi) is 4.08. The zero-order chi connectivity index (χ0) is 10.2. The SMILES string of the molecule is Oc1ccccc1.[O-]c1ccccc1. The van der Waals surface area contributed by atoms with Crippen molar-refractivity contribution >= 4 is 0 Å². The number of rotatable bonds is 0. The van der Waals surface area contributed by atoms with Crippen LogP contribution in [-0.2, 0) is 0 Å². The van der Waals surface area contributed by atoms with Gasteiger partial charge in [0.2, 0.25) is 0 Å². The van der Waals surface area contributed by atoms with Gasteiger partial charge in [0, 0.05) is 0 Å². The third-order valence-corrected chi connectivity index (χ3v) is 1.50. The quantitative estimate of drug-likeness (QED) is 0.686. The van der Waals surface area contributed by atoms with Crippen molar-refractivity contribution in [3.8, 4) is 11.5 Å². The van der Waals surface area contributed by atoms with Gasteiger partial charge in [0.1, 0.15) is 5.75 Å². The van der Waals surface area contributed by atoms with Crippen LogP contribution in [0.25, 0.3) is 0 Å². The Morgan fingerprint density at radius 3 is 1.36 bits per heavy atom. The molecule has 0 fully saturated rings. The van der Waals surface area contributed by atoms with Gasteiger partial charge in [-0.15, -0.1) is 5.75 Å². The molecule has 0 saturated heterocycles. The number of phenolic OH excluding ortho intramolecular Hbond substituents is 1. The van der Waals surface area contributed by atoms with E-state index in [1.165, 1.54) is 12.1 Å². The fourth-order valence-electron chi connectivity index (χ4n) is 0.848. The predicted octanol–water partition coefficient (Wildman–Crippen LogP) is 2.15. The van der Waals surface area contributed by atoms with Crippen molar-refractivity contribution in [2.24, 2.45) is 0 Å². The van der Waals surface area contributed by atoms with Gasteiger partial charge in [-0.1, -0.05) is 48.5 Å². The van der Waals surface area contributed by atoms with E-state index in [9.17, 15) is 5.11 Å². The molecule has 0 amide bonds. The van der Waals surface area contributed by atoms with E-state index in [2.05, 4.69) is 0 Å². The zero-order valence-corrected chi connectivity index (χ0v) is 7.63. The smallest absolute Gasteiger partial charge is 0.115 e. The summed E-state index contributed by atoms with van der Waals surface area (Å²) in [6.07, 6.45) is 0. The summed E-state index contributed by atoms with van der Waals surface area (Å²) in [7, 11) is 0. The highest BCUT2D eigenvalue weighted by Gasteiger charge is 1.74. The van der Waals surface area contributed by atoms with Gasteiger partial charge >= 0.3 is 0 Å². The predicted molar refractivity (Wildman–Crippen MR) is 54.0 cm³/mol. The molecule has 14 heavy (non-hydrogen) atoms. The van der Waals surface area contributed by atoms with E-state index < -0.39 is 0 Å². The van der Waals surface area contributed by atoms with Gasteiger partial charge < -0.3 is 10.2 Å². The maximum atomic E-state index is 10.3. The van der Waals surface area contributed by atoms with E-state index in [1.54, 1.807) is 36.4 Å². The summed E-state index contributed by atoms with van der Waals surface area (Å²) >= 11 is 0. The van der Waals surface area contributed by atoms with Crippen molar-refractivity contribution in [3.05, 3.63) is 60.7 Å². The number of benzene rings is 2. The maximum Gasteiger partial charge on any atom is 0.115 e. The highest BCUT2D eigenvalue weighted by Crippen LogP contribution is 2.02. The Morgan fingerprint density at radius 1 is 0.714 bits per heavy atom.